The van der Waals surface area contributed by atoms with Crippen molar-refractivity contribution in [3.05, 3.63) is 29.8 Å². The van der Waals surface area contributed by atoms with E-state index in [0.717, 1.165) is 24.7 Å². The number of nitrogens with one attached hydrogen (secondary N) is 1. The molecule has 0 saturated carbocycles. The highest BCUT2D eigenvalue weighted by Crippen LogP contribution is 2.37. The minimum absolute atomic E-state index is 0.306. The predicted octanol–water partition coefficient (Wildman–Crippen LogP) is 3.60. The maximum Gasteiger partial charge on any atom is 0.122 e. The van der Waals surface area contributed by atoms with Gasteiger partial charge in [-0.25, -0.2) is 0 Å². The molecule has 3 N–H and O–H groups in total. The normalized spacial score (nSPS) is 20.2. The monoisotopic (exact) mass is 276 g/mol. The van der Waals surface area contributed by atoms with Gasteiger partial charge in [0.2, 0.25) is 0 Å². The van der Waals surface area contributed by atoms with Crippen LogP contribution in [0.5, 0.6) is 5.75 Å². The van der Waals surface area contributed by atoms with E-state index < -0.39 is 0 Å². The number of benzene rings is 1. The minimum Gasteiger partial charge on any atom is -0.493 e. The zero-order valence-electron chi connectivity index (χ0n) is 12.8. The van der Waals surface area contributed by atoms with Crippen molar-refractivity contribution in [3.8, 4) is 5.75 Å². The highest BCUT2D eigenvalue weighted by molar-refractivity contribution is 5.40. The molecule has 3 unspecified atom stereocenters. The Morgan fingerprint density at radius 2 is 2.15 bits per heavy atom. The van der Waals surface area contributed by atoms with Crippen LogP contribution in [-0.2, 0) is 0 Å². The molecule has 0 aliphatic carbocycles. The molecule has 2 rings (SSSR count). The second-order valence-electron chi connectivity index (χ2n) is 5.88. The van der Waals surface area contributed by atoms with Crippen molar-refractivity contribution >= 4 is 0 Å². The highest BCUT2D eigenvalue weighted by Gasteiger charge is 2.31. The van der Waals surface area contributed by atoms with Gasteiger partial charge in [-0.15, -0.1) is 0 Å². The average Bonchev–Trinajstić information content (AvgIpc) is 2.92. The van der Waals surface area contributed by atoms with Crippen molar-refractivity contribution in [1.29, 1.82) is 0 Å². The van der Waals surface area contributed by atoms with Gasteiger partial charge in [0.1, 0.15) is 5.75 Å². The number of hydrogen-bond donors (Lipinski definition) is 2. The zero-order valence-corrected chi connectivity index (χ0v) is 12.8. The van der Waals surface area contributed by atoms with Gasteiger partial charge in [-0.3, -0.25) is 11.3 Å². The summed E-state index contributed by atoms with van der Waals surface area (Å²) in [6, 6.07) is 8.65. The summed E-state index contributed by atoms with van der Waals surface area (Å²) in [6.45, 7) is 5.29. The lowest BCUT2D eigenvalue weighted by molar-refractivity contribution is 0.266. The van der Waals surface area contributed by atoms with Crippen molar-refractivity contribution in [2.45, 2.75) is 57.9 Å². The van der Waals surface area contributed by atoms with Crippen molar-refractivity contribution in [2.24, 2.45) is 11.8 Å². The molecule has 0 aromatic heterocycles. The van der Waals surface area contributed by atoms with Gasteiger partial charge < -0.3 is 4.74 Å². The summed E-state index contributed by atoms with van der Waals surface area (Å²) in [5.41, 5.74) is 4.35. The van der Waals surface area contributed by atoms with E-state index in [1.54, 1.807) is 0 Å². The first-order valence-corrected chi connectivity index (χ1v) is 7.97. The molecule has 1 aromatic carbocycles. The van der Waals surface area contributed by atoms with Crippen LogP contribution < -0.4 is 16.0 Å². The third-order valence-electron chi connectivity index (χ3n) is 4.57. The van der Waals surface area contributed by atoms with E-state index in [1.165, 1.54) is 31.2 Å². The van der Waals surface area contributed by atoms with Crippen LogP contribution in [-0.4, -0.2) is 12.6 Å². The maximum atomic E-state index is 5.84. The third-order valence-corrected chi connectivity index (χ3v) is 4.57. The molecular weight excluding hydrogens is 248 g/mol. The molecule has 0 radical (unpaired) electrons. The topological polar surface area (TPSA) is 47.3 Å². The molecule has 0 amide bonds. The van der Waals surface area contributed by atoms with Gasteiger partial charge in [-0.1, -0.05) is 57.7 Å². The molecule has 3 heteroatoms. The molecule has 0 spiro atoms. The van der Waals surface area contributed by atoms with E-state index in [-0.39, 0.29) is 0 Å². The average molecular weight is 276 g/mol. The predicted molar refractivity (Wildman–Crippen MR) is 83.7 cm³/mol. The van der Waals surface area contributed by atoms with Crippen molar-refractivity contribution < 1.29 is 4.74 Å². The fourth-order valence-electron chi connectivity index (χ4n) is 3.21. The first kappa shape index (κ1) is 15.3. The Morgan fingerprint density at radius 1 is 1.35 bits per heavy atom. The van der Waals surface area contributed by atoms with E-state index in [4.69, 9.17) is 10.6 Å². The molecule has 1 aromatic rings. The van der Waals surface area contributed by atoms with Crippen LogP contribution in [0.2, 0.25) is 0 Å². The zero-order chi connectivity index (χ0) is 14.4. The van der Waals surface area contributed by atoms with Crippen molar-refractivity contribution in [2.75, 3.05) is 6.61 Å². The molecule has 1 heterocycles. The lowest BCUT2D eigenvalue weighted by Gasteiger charge is -2.26. The molecule has 0 bridgehead atoms. The Bertz CT molecular complexity index is 408. The molecule has 1 aliphatic rings. The quantitative estimate of drug-likeness (QED) is 0.563. The number of fused-ring (bicyclic) bond motifs is 1. The van der Waals surface area contributed by atoms with Crippen LogP contribution in [0.3, 0.4) is 0 Å². The van der Waals surface area contributed by atoms with Crippen LogP contribution in [0.1, 0.15) is 57.4 Å². The van der Waals surface area contributed by atoms with Gasteiger partial charge in [-0.05, 0) is 18.4 Å². The molecule has 112 valence electrons. The van der Waals surface area contributed by atoms with Gasteiger partial charge >= 0.3 is 0 Å². The molecule has 0 fully saturated rings. The van der Waals surface area contributed by atoms with Gasteiger partial charge in [0.05, 0.1) is 6.61 Å². The Kier molecular flexibility index (Phi) is 5.86. The van der Waals surface area contributed by atoms with Crippen molar-refractivity contribution in [3.63, 3.8) is 0 Å². The van der Waals surface area contributed by atoms with E-state index in [0.29, 0.717) is 12.0 Å². The van der Waals surface area contributed by atoms with Crippen LogP contribution in [0.4, 0.5) is 0 Å². The number of unbranched alkanes of at least 4 members (excludes halogenated alkanes) is 1. The Labute approximate surface area is 122 Å². The SMILES string of the molecule is CCCCC(CC)CC(NN)C1COc2ccccc21. The number of hydrogen-bond acceptors (Lipinski definition) is 3. The lowest BCUT2D eigenvalue weighted by Crippen LogP contribution is -2.41. The summed E-state index contributed by atoms with van der Waals surface area (Å²) in [5.74, 6) is 8.00. The summed E-state index contributed by atoms with van der Waals surface area (Å²) in [5, 5.41) is 0. The lowest BCUT2D eigenvalue weighted by atomic mass is 9.84. The first-order valence-electron chi connectivity index (χ1n) is 7.97. The Hall–Kier alpha value is -1.06. The van der Waals surface area contributed by atoms with E-state index in [1.807, 2.05) is 6.07 Å². The number of rotatable bonds is 8. The van der Waals surface area contributed by atoms with Crippen LogP contribution in [0, 0.1) is 5.92 Å². The number of para-hydroxylation sites is 1. The van der Waals surface area contributed by atoms with Crippen molar-refractivity contribution in [1.82, 2.24) is 5.43 Å². The summed E-state index contributed by atoms with van der Waals surface area (Å²) >= 11 is 0. The smallest absolute Gasteiger partial charge is 0.122 e. The van der Waals surface area contributed by atoms with Gasteiger partial charge in [0.15, 0.2) is 0 Å². The minimum atomic E-state index is 0.306. The fourth-order valence-corrected chi connectivity index (χ4v) is 3.21. The highest BCUT2D eigenvalue weighted by atomic mass is 16.5. The van der Waals surface area contributed by atoms with Crippen LogP contribution >= 0.6 is 0 Å². The maximum absolute atomic E-state index is 5.84. The molecule has 3 nitrogen and oxygen atoms in total. The first-order chi connectivity index (χ1) is 9.80. The Balaban J connectivity index is 2.02. The summed E-state index contributed by atoms with van der Waals surface area (Å²) in [6.07, 6.45) is 6.25. The largest absolute Gasteiger partial charge is 0.493 e. The third kappa shape index (κ3) is 3.53. The summed E-state index contributed by atoms with van der Waals surface area (Å²) in [4.78, 5) is 0. The molecule has 20 heavy (non-hydrogen) atoms. The van der Waals surface area contributed by atoms with E-state index in [2.05, 4.69) is 37.5 Å². The number of nitrogens with two attached hydrogens (primary N) is 1. The van der Waals surface area contributed by atoms with E-state index >= 15 is 0 Å². The molecule has 0 saturated heterocycles. The molecule has 3 atom stereocenters. The summed E-state index contributed by atoms with van der Waals surface area (Å²) in [7, 11) is 0. The van der Waals surface area contributed by atoms with Crippen LogP contribution in [0.15, 0.2) is 24.3 Å². The summed E-state index contributed by atoms with van der Waals surface area (Å²) < 4.78 is 5.79. The van der Waals surface area contributed by atoms with E-state index in [9.17, 15) is 0 Å². The van der Waals surface area contributed by atoms with Crippen LogP contribution in [0.25, 0.3) is 0 Å². The second kappa shape index (κ2) is 7.65. The number of hydrazine groups is 1. The second-order valence-corrected chi connectivity index (χ2v) is 5.88. The standard InChI is InChI=1S/C17H28N2O/c1-3-5-8-13(4-2)11-16(19-18)15-12-20-17-10-7-6-9-14(15)17/h6-7,9-10,13,15-16,19H,3-5,8,11-12,18H2,1-2H3. The fraction of sp³-hybridized carbons (Fsp3) is 0.647. The Morgan fingerprint density at radius 3 is 2.85 bits per heavy atom. The molecule has 1 aliphatic heterocycles. The van der Waals surface area contributed by atoms with Gasteiger partial charge in [0, 0.05) is 17.5 Å². The van der Waals surface area contributed by atoms with Gasteiger partial charge in [-0.2, -0.15) is 0 Å². The molecular formula is C17H28N2O. The number of ether oxygens (including phenoxy) is 1. The van der Waals surface area contributed by atoms with Gasteiger partial charge in [0.25, 0.3) is 0 Å².